The van der Waals surface area contributed by atoms with Gasteiger partial charge in [0.15, 0.2) is 11.5 Å². The van der Waals surface area contributed by atoms with Crippen LogP contribution in [0.1, 0.15) is 23.1 Å². The van der Waals surface area contributed by atoms with Crippen molar-refractivity contribution in [2.24, 2.45) is 0 Å². The maximum absolute atomic E-state index is 12.1. The number of rotatable bonds is 8. The number of amides is 1. The van der Waals surface area contributed by atoms with Gasteiger partial charge in [-0.15, -0.1) is 0 Å². The molecule has 5 nitrogen and oxygen atoms in total. The molecule has 1 aliphatic rings. The molecule has 1 aliphatic heterocycles. The van der Waals surface area contributed by atoms with E-state index in [2.05, 4.69) is 11.4 Å². The van der Waals surface area contributed by atoms with Crippen LogP contribution in [-0.2, 0) is 24.1 Å². The Morgan fingerprint density at radius 1 is 1.04 bits per heavy atom. The molecule has 0 bridgehead atoms. The monoisotopic (exact) mass is 355 g/mol. The summed E-state index contributed by atoms with van der Waals surface area (Å²) in [6.07, 6.45) is 2.95. The van der Waals surface area contributed by atoms with Gasteiger partial charge in [-0.2, -0.15) is 0 Å². The number of aryl methyl sites for hydroxylation is 1. The van der Waals surface area contributed by atoms with Crippen molar-refractivity contribution < 1.29 is 19.0 Å². The molecule has 0 saturated carbocycles. The van der Waals surface area contributed by atoms with Crippen molar-refractivity contribution in [1.82, 2.24) is 5.32 Å². The summed E-state index contributed by atoms with van der Waals surface area (Å²) in [7, 11) is 3.24. The van der Waals surface area contributed by atoms with E-state index in [1.165, 1.54) is 11.1 Å². The number of hydrogen-bond acceptors (Lipinski definition) is 4. The zero-order valence-electron chi connectivity index (χ0n) is 15.3. The SMILES string of the molecule is COc1ccc(CCNC(=O)CCc2ccc3c(c2)CCO3)cc1OC. The Kier molecular flexibility index (Phi) is 6.00. The summed E-state index contributed by atoms with van der Waals surface area (Å²) in [5.74, 6) is 2.47. The predicted octanol–water partition coefficient (Wildman–Crippen LogP) is 2.93. The van der Waals surface area contributed by atoms with Gasteiger partial charge in [-0.3, -0.25) is 4.79 Å². The van der Waals surface area contributed by atoms with Crippen molar-refractivity contribution in [3.63, 3.8) is 0 Å². The zero-order chi connectivity index (χ0) is 18.4. The maximum atomic E-state index is 12.1. The number of ether oxygens (including phenoxy) is 3. The second-order valence-corrected chi connectivity index (χ2v) is 6.33. The van der Waals surface area contributed by atoms with Gasteiger partial charge in [0.2, 0.25) is 5.91 Å². The summed E-state index contributed by atoms with van der Waals surface area (Å²) in [6, 6.07) is 12.0. The fraction of sp³-hybridized carbons (Fsp3) is 0.381. The van der Waals surface area contributed by atoms with Crippen molar-refractivity contribution in [1.29, 1.82) is 0 Å². The van der Waals surface area contributed by atoms with E-state index in [1.54, 1.807) is 14.2 Å². The van der Waals surface area contributed by atoms with Crippen LogP contribution in [0.25, 0.3) is 0 Å². The van der Waals surface area contributed by atoms with Gasteiger partial charge in [-0.05, 0) is 47.7 Å². The molecule has 2 aromatic carbocycles. The third kappa shape index (κ3) is 4.48. The average molecular weight is 355 g/mol. The molecular formula is C21H25NO4. The molecule has 0 unspecified atom stereocenters. The maximum Gasteiger partial charge on any atom is 0.220 e. The molecule has 0 saturated heterocycles. The van der Waals surface area contributed by atoms with Gasteiger partial charge in [0.05, 0.1) is 20.8 Å². The Morgan fingerprint density at radius 3 is 2.62 bits per heavy atom. The number of benzene rings is 2. The molecule has 5 heteroatoms. The van der Waals surface area contributed by atoms with Crippen LogP contribution in [-0.4, -0.2) is 33.3 Å². The van der Waals surface area contributed by atoms with Crippen LogP contribution in [0.2, 0.25) is 0 Å². The highest BCUT2D eigenvalue weighted by atomic mass is 16.5. The number of hydrogen-bond donors (Lipinski definition) is 1. The average Bonchev–Trinajstić information content (AvgIpc) is 3.14. The van der Waals surface area contributed by atoms with Crippen LogP contribution in [0, 0.1) is 0 Å². The standard InChI is InChI=1S/C21H25NO4/c1-24-19-7-4-16(14-20(19)25-2)9-11-22-21(23)8-5-15-3-6-18-17(13-15)10-12-26-18/h3-4,6-7,13-14H,5,8-12H2,1-2H3,(H,22,23). The quantitative estimate of drug-likeness (QED) is 0.791. The third-order valence-corrected chi connectivity index (χ3v) is 4.58. The van der Waals surface area contributed by atoms with Crippen LogP contribution in [0.15, 0.2) is 36.4 Å². The van der Waals surface area contributed by atoms with E-state index in [1.807, 2.05) is 30.3 Å². The molecule has 0 spiro atoms. The smallest absolute Gasteiger partial charge is 0.220 e. The fourth-order valence-corrected chi connectivity index (χ4v) is 3.12. The first-order chi connectivity index (χ1) is 12.7. The van der Waals surface area contributed by atoms with E-state index >= 15 is 0 Å². The van der Waals surface area contributed by atoms with Crippen molar-refractivity contribution in [3.8, 4) is 17.2 Å². The first-order valence-corrected chi connectivity index (χ1v) is 8.92. The van der Waals surface area contributed by atoms with E-state index < -0.39 is 0 Å². The molecule has 1 amide bonds. The van der Waals surface area contributed by atoms with E-state index in [4.69, 9.17) is 14.2 Å². The first kappa shape index (κ1) is 18.1. The lowest BCUT2D eigenvalue weighted by molar-refractivity contribution is -0.121. The van der Waals surface area contributed by atoms with E-state index in [9.17, 15) is 4.79 Å². The second-order valence-electron chi connectivity index (χ2n) is 6.33. The minimum atomic E-state index is 0.0715. The van der Waals surface area contributed by atoms with Gasteiger partial charge < -0.3 is 19.5 Å². The highest BCUT2D eigenvalue weighted by molar-refractivity contribution is 5.76. The lowest BCUT2D eigenvalue weighted by Gasteiger charge is -2.10. The summed E-state index contributed by atoms with van der Waals surface area (Å²) < 4.78 is 16.0. The molecule has 3 rings (SSSR count). The Bertz CT molecular complexity index is 773. The lowest BCUT2D eigenvalue weighted by Crippen LogP contribution is -2.25. The van der Waals surface area contributed by atoms with Gasteiger partial charge >= 0.3 is 0 Å². The van der Waals surface area contributed by atoms with Crippen molar-refractivity contribution in [2.75, 3.05) is 27.4 Å². The molecular weight excluding hydrogens is 330 g/mol. The number of fused-ring (bicyclic) bond motifs is 1. The predicted molar refractivity (Wildman–Crippen MR) is 100 cm³/mol. The molecule has 0 fully saturated rings. The molecule has 1 heterocycles. The molecule has 26 heavy (non-hydrogen) atoms. The molecule has 0 radical (unpaired) electrons. The van der Waals surface area contributed by atoms with Gasteiger partial charge in [-0.25, -0.2) is 0 Å². The van der Waals surface area contributed by atoms with Gasteiger partial charge in [0.25, 0.3) is 0 Å². The molecule has 138 valence electrons. The third-order valence-electron chi connectivity index (χ3n) is 4.58. The number of methoxy groups -OCH3 is 2. The highest BCUT2D eigenvalue weighted by Gasteiger charge is 2.12. The van der Waals surface area contributed by atoms with Crippen LogP contribution < -0.4 is 19.5 Å². The molecule has 0 atom stereocenters. The van der Waals surface area contributed by atoms with E-state index in [0.29, 0.717) is 24.5 Å². The van der Waals surface area contributed by atoms with Crippen molar-refractivity contribution in [3.05, 3.63) is 53.1 Å². The molecule has 2 aromatic rings. The van der Waals surface area contributed by atoms with Crippen LogP contribution in [0.3, 0.4) is 0 Å². The van der Waals surface area contributed by atoms with Crippen LogP contribution in [0.4, 0.5) is 0 Å². The minimum absolute atomic E-state index is 0.0715. The Morgan fingerprint density at radius 2 is 1.81 bits per heavy atom. The summed E-state index contributed by atoms with van der Waals surface area (Å²) in [4.78, 5) is 12.1. The summed E-state index contributed by atoms with van der Waals surface area (Å²) in [6.45, 7) is 1.36. The Balaban J connectivity index is 1.43. The summed E-state index contributed by atoms with van der Waals surface area (Å²) in [5, 5.41) is 2.98. The second kappa shape index (κ2) is 8.61. The van der Waals surface area contributed by atoms with E-state index in [-0.39, 0.29) is 5.91 Å². The van der Waals surface area contributed by atoms with E-state index in [0.717, 1.165) is 37.2 Å². The van der Waals surface area contributed by atoms with Crippen LogP contribution in [0.5, 0.6) is 17.2 Å². The zero-order valence-corrected chi connectivity index (χ0v) is 15.3. The summed E-state index contributed by atoms with van der Waals surface area (Å²) >= 11 is 0. The normalized spacial score (nSPS) is 12.2. The lowest BCUT2D eigenvalue weighted by atomic mass is 10.0. The Hall–Kier alpha value is -2.69. The highest BCUT2D eigenvalue weighted by Crippen LogP contribution is 2.28. The topological polar surface area (TPSA) is 56.8 Å². The summed E-state index contributed by atoms with van der Waals surface area (Å²) in [5.41, 5.74) is 3.53. The Labute approximate surface area is 154 Å². The first-order valence-electron chi connectivity index (χ1n) is 8.92. The van der Waals surface area contributed by atoms with Gasteiger partial charge in [0, 0.05) is 19.4 Å². The fourth-order valence-electron chi connectivity index (χ4n) is 3.12. The largest absolute Gasteiger partial charge is 0.493 e. The van der Waals surface area contributed by atoms with Gasteiger partial charge in [-0.1, -0.05) is 18.2 Å². The van der Waals surface area contributed by atoms with Crippen LogP contribution >= 0.6 is 0 Å². The molecule has 1 N–H and O–H groups in total. The molecule has 0 aliphatic carbocycles. The molecule has 0 aromatic heterocycles. The van der Waals surface area contributed by atoms with Gasteiger partial charge in [0.1, 0.15) is 5.75 Å². The number of nitrogens with one attached hydrogen (secondary N) is 1. The number of carbonyl (C=O) groups is 1. The minimum Gasteiger partial charge on any atom is -0.493 e. The van der Waals surface area contributed by atoms with Crippen molar-refractivity contribution in [2.45, 2.75) is 25.7 Å². The van der Waals surface area contributed by atoms with Crippen molar-refractivity contribution >= 4 is 5.91 Å². The number of carbonyl (C=O) groups excluding carboxylic acids is 1.